The molecular formula is C12H15N3O4. The zero-order valence-electron chi connectivity index (χ0n) is 10.5. The molecule has 102 valence electrons. The summed E-state index contributed by atoms with van der Waals surface area (Å²) < 4.78 is 4.70. The van der Waals surface area contributed by atoms with Crippen molar-refractivity contribution in [1.82, 2.24) is 4.98 Å². The summed E-state index contributed by atoms with van der Waals surface area (Å²) in [7, 11) is 1.37. The normalized spacial score (nSPS) is 21.9. The predicted octanol–water partition coefficient (Wildman–Crippen LogP) is 1.74. The molecule has 1 aliphatic rings. The first-order chi connectivity index (χ1) is 9.11. The molecule has 0 bridgehead atoms. The van der Waals surface area contributed by atoms with E-state index in [2.05, 4.69) is 10.3 Å². The number of esters is 1. The Labute approximate surface area is 110 Å². The molecule has 0 radical (unpaired) electrons. The van der Waals surface area contributed by atoms with E-state index in [1.54, 1.807) is 0 Å². The second-order valence-corrected chi connectivity index (χ2v) is 4.50. The number of carbonyl (C=O) groups is 1. The minimum Gasteiger partial charge on any atom is -0.469 e. The summed E-state index contributed by atoms with van der Waals surface area (Å²) in [6.45, 7) is 0. The van der Waals surface area contributed by atoms with Gasteiger partial charge in [-0.3, -0.25) is 14.9 Å². The fourth-order valence-corrected chi connectivity index (χ4v) is 2.34. The molecule has 0 amide bonds. The highest BCUT2D eigenvalue weighted by Crippen LogP contribution is 2.30. The fraction of sp³-hybridized carbons (Fsp3) is 0.500. The lowest BCUT2D eigenvalue weighted by molar-refractivity contribution is -0.384. The van der Waals surface area contributed by atoms with Gasteiger partial charge in [0.05, 0.1) is 18.0 Å². The van der Waals surface area contributed by atoms with Gasteiger partial charge in [0.1, 0.15) is 0 Å². The average molecular weight is 265 g/mol. The first-order valence-corrected chi connectivity index (χ1v) is 6.05. The number of anilines is 1. The standard InChI is InChI=1S/C12H15N3O4/c1-19-12(16)8-4-5-9(7-8)14-11-10(15(17)18)3-2-6-13-11/h2-3,6,8-9H,4-5,7H2,1H3,(H,13,14)/t8-,9+/m0/s1. The maximum atomic E-state index is 11.4. The Morgan fingerprint density at radius 2 is 2.37 bits per heavy atom. The first-order valence-electron chi connectivity index (χ1n) is 6.05. The van der Waals surface area contributed by atoms with Crippen molar-refractivity contribution in [2.45, 2.75) is 25.3 Å². The number of nitro groups is 1. The molecule has 2 rings (SSSR count). The van der Waals surface area contributed by atoms with E-state index in [9.17, 15) is 14.9 Å². The van der Waals surface area contributed by atoms with Crippen molar-refractivity contribution in [2.24, 2.45) is 5.92 Å². The Morgan fingerprint density at radius 3 is 3.05 bits per heavy atom. The number of hydrogen-bond donors (Lipinski definition) is 1. The molecule has 1 aromatic heterocycles. The summed E-state index contributed by atoms with van der Waals surface area (Å²) in [6.07, 6.45) is 3.61. The zero-order valence-corrected chi connectivity index (χ0v) is 10.5. The van der Waals surface area contributed by atoms with E-state index in [0.717, 1.165) is 12.8 Å². The minimum absolute atomic E-state index is 0.0118. The number of carbonyl (C=O) groups excluding carboxylic acids is 1. The van der Waals surface area contributed by atoms with Crippen molar-refractivity contribution in [3.63, 3.8) is 0 Å². The van der Waals surface area contributed by atoms with Crippen LogP contribution in [0, 0.1) is 16.0 Å². The van der Waals surface area contributed by atoms with Crippen molar-refractivity contribution in [3.05, 3.63) is 28.4 Å². The maximum Gasteiger partial charge on any atom is 0.311 e. The molecule has 1 heterocycles. The number of aromatic nitrogens is 1. The molecule has 1 N–H and O–H groups in total. The Balaban J connectivity index is 2.03. The van der Waals surface area contributed by atoms with Crippen LogP contribution in [-0.4, -0.2) is 29.0 Å². The van der Waals surface area contributed by atoms with Gasteiger partial charge in [0.2, 0.25) is 5.82 Å². The van der Waals surface area contributed by atoms with Crippen molar-refractivity contribution >= 4 is 17.5 Å². The molecule has 0 saturated heterocycles. The second kappa shape index (κ2) is 5.64. The Bertz CT molecular complexity index is 492. The molecule has 0 unspecified atom stereocenters. The van der Waals surface area contributed by atoms with Crippen molar-refractivity contribution in [2.75, 3.05) is 12.4 Å². The van der Waals surface area contributed by atoms with Gasteiger partial charge in [0.25, 0.3) is 0 Å². The monoisotopic (exact) mass is 265 g/mol. The van der Waals surface area contributed by atoms with Crippen molar-refractivity contribution in [1.29, 1.82) is 0 Å². The fourth-order valence-electron chi connectivity index (χ4n) is 2.34. The Morgan fingerprint density at radius 1 is 1.58 bits per heavy atom. The van der Waals surface area contributed by atoms with E-state index in [1.165, 1.54) is 25.4 Å². The topological polar surface area (TPSA) is 94.4 Å². The number of rotatable bonds is 4. The van der Waals surface area contributed by atoms with Gasteiger partial charge >= 0.3 is 11.7 Å². The van der Waals surface area contributed by atoms with E-state index >= 15 is 0 Å². The van der Waals surface area contributed by atoms with Crippen molar-refractivity contribution < 1.29 is 14.5 Å². The zero-order chi connectivity index (χ0) is 13.8. The molecule has 1 saturated carbocycles. The van der Waals surface area contributed by atoms with Crippen LogP contribution in [0.15, 0.2) is 18.3 Å². The van der Waals surface area contributed by atoms with Gasteiger partial charge in [-0.2, -0.15) is 0 Å². The summed E-state index contributed by atoms with van der Waals surface area (Å²) in [5, 5.41) is 13.9. The maximum absolute atomic E-state index is 11.4. The number of hydrogen-bond acceptors (Lipinski definition) is 6. The van der Waals surface area contributed by atoms with Gasteiger partial charge in [-0.25, -0.2) is 4.98 Å². The molecule has 1 aliphatic carbocycles. The molecule has 0 aliphatic heterocycles. The smallest absolute Gasteiger partial charge is 0.311 e. The van der Waals surface area contributed by atoms with Crippen LogP contribution < -0.4 is 5.32 Å². The molecular weight excluding hydrogens is 250 g/mol. The number of methoxy groups -OCH3 is 1. The quantitative estimate of drug-likeness (QED) is 0.506. The summed E-state index contributed by atoms with van der Waals surface area (Å²) in [5.41, 5.74) is -0.0518. The molecule has 7 heteroatoms. The lowest BCUT2D eigenvalue weighted by Crippen LogP contribution is -2.20. The highest BCUT2D eigenvalue weighted by molar-refractivity contribution is 5.72. The van der Waals surface area contributed by atoms with Crippen LogP contribution in [0.25, 0.3) is 0 Å². The number of pyridine rings is 1. The van der Waals surface area contributed by atoms with E-state index in [-0.39, 0.29) is 29.4 Å². The highest BCUT2D eigenvalue weighted by atomic mass is 16.6. The summed E-state index contributed by atoms with van der Waals surface area (Å²) in [6, 6.07) is 2.94. The van der Waals surface area contributed by atoms with E-state index in [4.69, 9.17) is 4.74 Å². The van der Waals surface area contributed by atoms with Crippen LogP contribution in [0.1, 0.15) is 19.3 Å². The Hall–Kier alpha value is -2.18. The third-order valence-corrected chi connectivity index (χ3v) is 3.29. The molecule has 19 heavy (non-hydrogen) atoms. The number of nitrogens with zero attached hydrogens (tertiary/aromatic N) is 2. The SMILES string of the molecule is COC(=O)[C@H]1CC[C@@H](Nc2ncccc2[N+](=O)[O-])C1. The summed E-state index contributed by atoms with van der Waals surface area (Å²) in [5.74, 6) is -0.104. The molecule has 7 nitrogen and oxygen atoms in total. The number of nitrogens with one attached hydrogen (secondary N) is 1. The highest BCUT2D eigenvalue weighted by Gasteiger charge is 2.31. The van der Waals surface area contributed by atoms with Crippen LogP contribution >= 0.6 is 0 Å². The van der Waals surface area contributed by atoms with Gasteiger partial charge in [0.15, 0.2) is 0 Å². The van der Waals surface area contributed by atoms with Crippen LogP contribution in [0.2, 0.25) is 0 Å². The van der Waals surface area contributed by atoms with Gasteiger partial charge in [-0.15, -0.1) is 0 Å². The van der Waals surface area contributed by atoms with Gasteiger partial charge in [-0.05, 0) is 25.3 Å². The third-order valence-electron chi connectivity index (χ3n) is 3.29. The van der Waals surface area contributed by atoms with Crippen LogP contribution in [0.5, 0.6) is 0 Å². The summed E-state index contributed by atoms with van der Waals surface area (Å²) >= 11 is 0. The molecule has 1 fully saturated rings. The van der Waals surface area contributed by atoms with E-state index < -0.39 is 4.92 Å². The number of ether oxygens (including phenoxy) is 1. The van der Waals surface area contributed by atoms with Gasteiger partial charge in [-0.1, -0.05) is 0 Å². The Kier molecular flexibility index (Phi) is 3.94. The van der Waals surface area contributed by atoms with E-state index in [1.807, 2.05) is 0 Å². The second-order valence-electron chi connectivity index (χ2n) is 4.50. The molecule has 0 spiro atoms. The van der Waals surface area contributed by atoms with Gasteiger partial charge < -0.3 is 10.1 Å². The van der Waals surface area contributed by atoms with Crippen LogP contribution in [-0.2, 0) is 9.53 Å². The van der Waals surface area contributed by atoms with Crippen molar-refractivity contribution in [3.8, 4) is 0 Å². The largest absolute Gasteiger partial charge is 0.469 e. The molecule has 0 aromatic carbocycles. The third kappa shape index (κ3) is 2.98. The van der Waals surface area contributed by atoms with Crippen LogP contribution in [0.4, 0.5) is 11.5 Å². The van der Waals surface area contributed by atoms with Crippen LogP contribution in [0.3, 0.4) is 0 Å². The molecule has 1 aromatic rings. The molecule has 2 atom stereocenters. The summed E-state index contributed by atoms with van der Waals surface area (Å²) in [4.78, 5) is 25.8. The average Bonchev–Trinajstić information content (AvgIpc) is 2.86. The lowest BCUT2D eigenvalue weighted by atomic mass is 10.1. The van der Waals surface area contributed by atoms with E-state index in [0.29, 0.717) is 6.42 Å². The predicted molar refractivity (Wildman–Crippen MR) is 67.7 cm³/mol. The first kappa shape index (κ1) is 13.3. The van der Waals surface area contributed by atoms with Gasteiger partial charge in [0, 0.05) is 18.3 Å². The minimum atomic E-state index is -0.470. The lowest BCUT2D eigenvalue weighted by Gasteiger charge is -2.13.